The number of nitrogens with one attached hydrogen (secondary N) is 1. The molecule has 4 nitrogen and oxygen atoms in total. The van der Waals surface area contributed by atoms with Crippen molar-refractivity contribution in [1.29, 1.82) is 0 Å². The fraction of sp³-hybridized carbons (Fsp3) is 0.438. The minimum absolute atomic E-state index is 0.153. The molecule has 0 aliphatic rings. The largest absolute Gasteiger partial charge is 0.395 e. The quantitative estimate of drug-likeness (QED) is 0.815. The van der Waals surface area contributed by atoms with Gasteiger partial charge >= 0.3 is 0 Å². The van der Waals surface area contributed by atoms with Crippen molar-refractivity contribution in [1.82, 2.24) is 14.9 Å². The van der Waals surface area contributed by atoms with Crippen molar-refractivity contribution in [3.8, 4) is 0 Å². The van der Waals surface area contributed by atoms with E-state index >= 15 is 0 Å². The van der Waals surface area contributed by atoms with E-state index in [4.69, 9.17) is 0 Å². The minimum Gasteiger partial charge on any atom is -0.395 e. The second kappa shape index (κ2) is 7.22. The minimum atomic E-state index is 0.153. The molecule has 2 N–H and O–H groups in total. The van der Waals surface area contributed by atoms with Gasteiger partial charge in [-0.2, -0.15) is 0 Å². The Morgan fingerprint density at radius 2 is 2.10 bits per heavy atom. The number of imidazole rings is 1. The smallest absolute Gasteiger partial charge is 0.120 e. The molecule has 108 valence electrons. The number of aliphatic hydroxyl groups is 1. The molecule has 0 aliphatic heterocycles. The second-order valence-corrected chi connectivity index (χ2v) is 5.11. The van der Waals surface area contributed by atoms with Gasteiger partial charge in [-0.1, -0.05) is 31.2 Å². The fourth-order valence-corrected chi connectivity index (χ4v) is 2.40. The lowest BCUT2D eigenvalue weighted by atomic mass is 10.1. The Morgan fingerprint density at radius 1 is 1.30 bits per heavy atom. The number of aromatic amines is 1. The first-order valence-corrected chi connectivity index (χ1v) is 7.12. The third kappa shape index (κ3) is 3.68. The first kappa shape index (κ1) is 14.8. The number of nitrogens with zero attached hydrogens (tertiary/aromatic N) is 2. The Balaban J connectivity index is 2.15. The molecule has 0 unspecified atom stereocenters. The number of rotatable bonds is 7. The van der Waals surface area contributed by atoms with E-state index < -0.39 is 0 Å². The van der Waals surface area contributed by atoms with Gasteiger partial charge in [0.1, 0.15) is 5.82 Å². The van der Waals surface area contributed by atoms with E-state index in [0.717, 1.165) is 25.3 Å². The molecule has 0 spiro atoms. The first-order valence-electron chi connectivity index (χ1n) is 7.12. The number of H-pyrrole nitrogens is 1. The highest BCUT2D eigenvalue weighted by Gasteiger charge is 2.18. The van der Waals surface area contributed by atoms with Crippen LogP contribution in [0, 0.1) is 6.92 Å². The molecule has 0 aliphatic carbocycles. The van der Waals surface area contributed by atoms with Crippen LogP contribution in [0.4, 0.5) is 0 Å². The highest BCUT2D eigenvalue weighted by atomic mass is 16.3. The number of aryl methyl sites for hydroxylation is 1. The summed E-state index contributed by atoms with van der Waals surface area (Å²) in [5.74, 6) is 0.936. The van der Waals surface area contributed by atoms with Crippen molar-refractivity contribution < 1.29 is 5.11 Å². The summed E-state index contributed by atoms with van der Waals surface area (Å²) in [6.07, 6.45) is 4.52. The Labute approximate surface area is 120 Å². The number of aliphatic hydroxyl groups excluding tert-OH is 1. The van der Waals surface area contributed by atoms with Gasteiger partial charge in [0.15, 0.2) is 0 Å². The maximum atomic E-state index is 9.60. The third-order valence-electron chi connectivity index (χ3n) is 3.74. The fourth-order valence-electron chi connectivity index (χ4n) is 2.40. The second-order valence-electron chi connectivity index (χ2n) is 5.11. The van der Waals surface area contributed by atoms with Crippen molar-refractivity contribution >= 4 is 0 Å². The van der Waals surface area contributed by atoms with Crippen LogP contribution >= 0.6 is 0 Å². The molecule has 1 aromatic heterocycles. The lowest BCUT2D eigenvalue weighted by Crippen LogP contribution is -2.37. The van der Waals surface area contributed by atoms with Gasteiger partial charge in [0.05, 0.1) is 13.2 Å². The average Bonchev–Trinajstić information content (AvgIpc) is 2.95. The van der Waals surface area contributed by atoms with E-state index in [1.54, 1.807) is 6.20 Å². The number of benzene rings is 1. The number of hydrogen-bond donors (Lipinski definition) is 2. The molecule has 1 atom stereocenters. The molecule has 4 heteroatoms. The van der Waals surface area contributed by atoms with Crippen molar-refractivity contribution in [2.75, 3.05) is 6.61 Å². The SMILES string of the molecule is CC[C@H](CO)N(Cc1ncc[nH]1)Cc1ccccc1C. The average molecular weight is 273 g/mol. The van der Waals surface area contributed by atoms with Crippen LogP contribution < -0.4 is 0 Å². The molecule has 1 aromatic carbocycles. The zero-order valence-corrected chi connectivity index (χ0v) is 12.2. The van der Waals surface area contributed by atoms with Crippen molar-refractivity contribution in [2.24, 2.45) is 0 Å². The summed E-state index contributed by atoms with van der Waals surface area (Å²) >= 11 is 0. The van der Waals surface area contributed by atoms with Crippen LogP contribution in [-0.2, 0) is 13.1 Å². The summed E-state index contributed by atoms with van der Waals surface area (Å²) < 4.78 is 0. The van der Waals surface area contributed by atoms with Crippen LogP contribution in [0.3, 0.4) is 0 Å². The Kier molecular flexibility index (Phi) is 5.32. The van der Waals surface area contributed by atoms with Gasteiger partial charge in [-0.15, -0.1) is 0 Å². The van der Waals surface area contributed by atoms with Crippen LogP contribution in [0.5, 0.6) is 0 Å². The number of aromatic nitrogens is 2. The lowest BCUT2D eigenvalue weighted by Gasteiger charge is -2.29. The van der Waals surface area contributed by atoms with Crippen LogP contribution in [0.2, 0.25) is 0 Å². The molecule has 2 rings (SSSR count). The van der Waals surface area contributed by atoms with Gasteiger partial charge in [-0.3, -0.25) is 4.90 Å². The third-order valence-corrected chi connectivity index (χ3v) is 3.74. The topological polar surface area (TPSA) is 52.1 Å². The molecular weight excluding hydrogens is 250 g/mol. The predicted molar refractivity (Wildman–Crippen MR) is 80.2 cm³/mol. The molecule has 0 radical (unpaired) electrons. The van der Waals surface area contributed by atoms with Gasteiger partial charge < -0.3 is 10.1 Å². The molecule has 0 amide bonds. The summed E-state index contributed by atoms with van der Waals surface area (Å²) in [6.45, 7) is 5.95. The summed E-state index contributed by atoms with van der Waals surface area (Å²) in [4.78, 5) is 9.71. The van der Waals surface area contributed by atoms with E-state index in [-0.39, 0.29) is 12.6 Å². The summed E-state index contributed by atoms with van der Waals surface area (Å²) in [6, 6.07) is 8.54. The molecule has 20 heavy (non-hydrogen) atoms. The summed E-state index contributed by atoms with van der Waals surface area (Å²) in [5.41, 5.74) is 2.58. The predicted octanol–water partition coefficient (Wildman–Crippen LogP) is 2.49. The molecule has 0 saturated heterocycles. The summed E-state index contributed by atoms with van der Waals surface area (Å²) in [7, 11) is 0. The zero-order valence-electron chi connectivity index (χ0n) is 12.2. The standard InChI is InChI=1S/C16H23N3O/c1-3-15(12-20)19(11-16-17-8-9-18-16)10-14-7-5-4-6-13(14)2/h4-9,15,20H,3,10-12H2,1-2H3,(H,17,18)/t15-/m1/s1. The van der Waals surface area contributed by atoms with Crippen molar-refractivity contribution in [3.63, 3.8) is 0 Å². The number of hydrogen-bond acceptors (Lipinski definition) is 3. The van der Waals surface area contributed by atoms with Gasteiger partial charge in [0, 0.05) is 25.0 Å². The molecule has 0 bridgehead atoms. The highest BCUT2D eigenvalue weighted by Crippen LogP contribution is 2.16. The van der Waals surface area contributed by atoms with Gasteiger partial charge in [-0.05, 0) is 24.5 Å². The monoisotopic (exact) mass is 273 g/mol. The molecule has 1 heterocycles. The zero-order chi connectivity index (χ0) is 14.4. The van der Waals surface area contributed by atoms with Crippen molar-refractivity contribution in [3.05, 3.63) is 53.6 Å². The van der Waals surface area contributed by atoms with Crippen molar-refractivity contribution in [2.45, 2.75) is 39.4 Å². The van der Waals surface area contributed by atoms with Gasteiger partial charge in [0.2, 0.25) is 0 Å². The molecular formula is C16H23N3O. The molecule has 0 fully saturated rings. The first-order chi connectivity index (χ1) is 9.74. The van der Waals surface area contributed by atoms with E-state index in [0.29, 0.717) is 0 Å². The van der Waals surface area contributed by atoms with E-state index in [2.05, 4.69) is 53.0 Å². The Bertz CT molecular complexity index is 506. The van der Waals surface area contributed by atoms with Gasteiger partial charge in [0.25, 0.3) is 0 Å². The van der Waals surface area contributed by atoms with Crippen LogP contribution in [0.15, 0.2) is 36.7 Å². The van der Waals surface area contributed by atoms with E-state index in [1.807, 2.05) is 6.20 Å². The van der Waals surface area contributed by atoms with Crippen LogP contribution in [0.25, 0.3) is 0 Å². The van der Waals surface area contributed by atoms with Crippen LogP contribution in [0.1, 0.15) is 30.3 Å². The molecule has 2 aromatic rings. The highest BCUT2D eigenvalue weighted by molar-refractivity contribution is 5.25. The van der Waals surface area contributed by atoms with E-state index in [9.17, 15) is 5.11 Å². The summed E-state index contributed by atoms with van der Waals surface area (Å²) in [5, 5.41) is 9.60. The maximum absolute atomic E-state index is 9.60. The normalized spacial score (nSPS) is 12.8. The molecule has 0 saturated carbocycles. The van der Waals surface area contributed by atoms with Crippen LogP contribution in [-0.4, -0.2) is 32.6 Å². The Morgan fingerprint density at radius 3 is 2.70 bits per heavy atom. The lowest BCUT2D eigenvalue weighted by molar-refractivity contribution is 0.104. The maximum Gasteiger partial charge on any atom is 0.120 e. The van der Waals surface area contributed by atoms with E-state index in [1.165, 1.54) is 11.1 Å². The Hall–Kier alpha value is -1.65. The van der Waals surface area contributed by atoms with Gasteiger partial charge in [-0.25, -0.2) is 4.98 Å².